The summed E-state index contributed by atoms with van der Waals surface area (Å²) in [5, 5.41) is 0. The SMILES string of the molecule is CC(=O)N1CCN(c2ccc(CN)cc2Br)CC1. The summed E-state index contributed by atoms with van der Waals surface area (Å²) in [6.45, 7) is 5.51. The number of halogens is 1. The number of nitrogens with zero attached hydrogens (tertiary/aromatic N) is 2. The third-order valence-electron chi connectivity index (χ3n) is 3.31. The van der Waals surface area contributed by atoms with E-state index in [0.29, 0.717) is 6.54 Å². The van der Waals surface area contributed by atoms with Crippen LogP contribution in [-0.2, 0) is 11.3 Å². The summed E-state index contributed by atoms with van der Waals surface area (Å²) in [5.41, 5.74) is 7.91. The van der Waals surface area contributed by atoms with Crippen molar-refractivity contribution in [3.63, 3.8) is 0 Å². The van der Waals surface area contributed by atoms with Crippen molar-refractivity contribution in [1.82, 2.24) is 4.90 Å². The second-order valence-electron chi connectivity index (χ2n) is 4.48. The summed E-state index contributed by atoms with van der Waals surface area (Å²) >= 11 is 3.59. The Morgan fingerprint density at radius 3 is 2.50 bits per heavy atom. The number of carbonyl (C=O) groups is 1. The Hall–Kier alpha value is -1.07. The molecule has 0 bridgehead atoms. The van der Waals surface area contributed by atoms with Gasteiger partial charge in [0.15, 0.2) is 0 Å². The average Bonchev–Trinajstić information content (AvgIpc) is 2.38. The molecule has 1 heterocycles. The van der Waals surface area contributed by atoms with E-state index in [1.54, 1.807) is 6.92 Å². The highest BCUT2D eigenvalue weighted by Crippen LogP contribution is 2.28. The van der Waals surface area contributed by atoms with Gasteiger partial charge in [-0.15, -0.1) is 0 Å². The van der Waals surface area contributed by atoms with Crippen LogP contribution in [0.3, 0.4) is 0 Å². The molecule has 1 aromatic rings. The molecule has 0 unspecified atom stereocenters. The van der Waals surface area contributed by atoms with Crippen molar-refractivity contribution >= 4 is 27.5 Å². The van der Waals surface area contributed by atoms with Crippen molar-refractivity contribution in [2.24, 2.45) is 5.73 Å². The minimum atomic E-state index is 0.159. The number of rotatable bonds is 2. The summed E-state index contributed by atoms with van der Waals surface area (Å²) in [7, 11) is 0. The lowest BCUT2D eigenvalue weighted by atomic mass is 10.2. The molecule has 1 saturated heterocycles. The van der Waals surface area contributed by atoms with Crippen molar-refractivity contribution in [2.45, 2.75) is 13.5 Å². The maximum absolute atomic E-state index is 11.3. The number of benzene rings is 1. The summed E-state index contributed by atoms with van der Waals surface area (Å²) < 4.78 is 1.07. The van der Waals surface area contributed by atoms with Gasteiger partial charge in [0.05, 0.1) is 5.69 Å². The van der Waals surface area contributed by atoms with Crippen molar-refractivity contribution in [2.75, 3.05) is 31.1 Å². The van der Waals surface area contributed by atoms with E-state index in [0.717, 1.165) is 36.2 Å². The van der Waals surface area contributed by atoms with Gasteiger partial charge in [0.2, 0.25) is 5.91 Å². The molecule has 0 aromatic heterocycles. The van der Waals surface area contributed by atoms with Crippen molar-refractivity contribution in [1.29, 1.82) is 0 Å². The highest BCUT2D eigenvalue weighted by Gasteiger charge is 2.20. The molecule has 1 aliphatic rings. The average molecular weight is 312 g/mol. The maximum Gasteiger partial charge on any atom is 0.219 e. The molecule has 0 saturated carbocycles. The second-order valence-corrected chi connectivity index (χ2v) is 5.34. The molecule has 18 heavy (non-hydrogen) atoms. The van der Waals surface area contributed by atoms with Gasteiger partial charge in [0.25, 0.3) is 0 Å². The lowest BCUT2D eigenvalue weighted by molar-refractivity contribution is -0.129. The van der Waals surface area contributed by atoms with Crippen LogP contribution in [0.1, 0.15) is 12.5 Å². The lowest BCUT2D eigenvalue weighted by Crippen LogP contribution is -2.48. The molecule has 1 fully saturated rings. The van der Waals surface area contributed by atoms with E-state index in [1.807, 2.05) is 4.90 Å². The highest BCUT2D eigenvalue weighted by atomic mass is 79.9. The Balaban J connectivity index is 2.07. The number of amides is 1. The fraction of sp³-hybridized carbons (Fsp3) is 0.462. The smallest absolute Gasteiger partial charge is 0.219 e. The third kappa shape index (κ3) is 2.84. The van der Waals surface area contributed by atoms with Crippen LogP contribution in [-0.4, -0.2) is 37.0 Å². The van der Waals surface area contributed by atoms with Gasteiger partial charge < -0.3 is 15.5 Å². The van der Waals surface area contributed by atoms with Gasteiger partial charge in [-0.25, -0.2) is 0 Å². The zero-order valence-corrected chi connectivity index (χ0v) is 12.1. The monoisotopic (exact) mass is 311 g/mol. The topological polar surface area (TPSA) is 49.6 Å². The van der Waals surface area contributed by atoms with Crippen molar-refractivity contribution in [3.05, 3.63) is 28.2 Å². The molecule has 0 radical (unpaired) electrons. The molecule has 0 spiro atoms. The van der Waals surface area contributed by atoms with Crippen LogP contribution >= 0.6 is 15.9 Å². The van der Waals surface area contributed by atoms with Crippen LogP contribution < -0.4 is 10.6 Å². The highest BCUT2D eigenvalue weighted by molar-refractivity contribution is 9.10. The molecule has 4 nitrogen and oxygen atoms in total. The third-order valence-corrected chi connectivity index (χ3v) is 3.95. The van der Waals surface area contributed by atoms with E-state index in [2.05, 4.69) is 39.0 Å². The molecule has 1 aromatic carbocycles. The number of hydrogen-bond donors (Lipinski definition) is 1. The van der Waals surface area contributed by atoms with Gasteiger partial charge in [0.1, 0.15) is 0 Å². The molecule has 1 amide bonds. The zero-order chi connectivity index (χ0) is 13.1. The first-order valence-electron chi connectivity index (χ1n) is 6.11. The predicted molar refractivity (Wildman–Crippen MR) is 76.5 cm³/mol. The van der Waals surface area contributed by atoms with Crippen LogP contribution in [0.15, 0.2) is 22.7 Å². The minimum Gasteiger partial charge on any atom is -0.367 e. The van der Waals surface area contributed by atoms with Gasteiger partial charge >= 0.3 is 0 Å². The van der Waals surface area contributed by atoms with Crippen LogP contribution in [0.2, 0.25) is 0 Å². The predicted octanol–water partition coefficient (Wildman–Crippen LogP) is 1.58. The van der Waals surface area contributed by atoms with Crippen molar-refractivity contribution in [3.8, 4) is 0 Å². The van der Waals surface area contributed by atoms with Crippen LogP contribution in [0.4, 0.5) is 5.69 Å². The Morgan fingerprint density at radius 2 is 2.00 bits per heavy atom. The summed E-state index contributed by atoms with van der Waals surface area (Å²) in [4.78, 5) is 15.5. The summed E-state index contributed by atoms with van der Waals surface area (Å²) in [6, 6.07) is 6.21. The molecule has 2 N–H and O–H groups in total. The molecule has 5 heteroatoms. The van der Waals surface area contributed by atoms with E-state index in [-0.39, 0.29) is 5.91 Å². The molecular formula is C13H18BrN3O. The van der Waals surface area contributed by atoms with Crippen molar-refractivity contribution < 1.29 is 4.79 Å². The van der Waals surface area contributed by atoms with Gasteiger partial charge in [-0.1, -0.05) is 6.07 Å². The maximum atomic E-state index is 11.3. The standard InChI is InChI=1S/C13H18BrN3O/c1-10(18)16-4-6-17(7-5-16)13-3-2-11(9-15)8-12(13)14/h2-3,8H,4-7,9,15H2,1H3. The second kappa shape index (κ2) is 5.71. The fourth-order valence-corrected chi connectivity index (χ4v) is 2.87. The first-order valence-corrected chi connectivity index (χ1v) is 6.90. The molecule has 0 atom stereocenters. The fourth-order valence-electron chi connectivity index (χ4n) is 2.20. The number of carbonyl (C=O) groups excluding carboxylic acids is 1. The first-order chi connectivity index (χ1) is 8.61. The molecule has 98 valence electrons. The quantitative estimate of drug-likeness (QED) is 0.902. The Labute approximate surface area is 116 Å². The van der Waals surface area contributed by atoms with E-state index in [4.69, 9.17) is 5.73 Å². The molecular weight excluding hydrogens is 294 g/mol. The number of hydrogen-bond acceptors (Lipinski definition) is 3. The van der Waals surface area contributed by atoms with Gasteiger partial charge in [0, 0.05) is 44.1 Å². The van der Waals surface area contributed by atoms with E-state index in [9.17, 15) is 4.79 Å². The lowest BCUT2D eigenvalue weighted by Gasteiger charge is -2.36. The van der Waals surface area contributed by atoms with Crippen LogP contribution in [0.25, 0.3) is 0 Å². The molecule has 0 aliphatic carbocycles. The first kappa shape index (κ1) is 13.4. The Bertz CT molecular complexity index is 442. The number of piperazine rings is 1. The summed E-state index contributed by atoms with van der Waals surface area (Å²) in [6.07, 6.45) is 0. The molecule has 1 aliphatic heterocycles. The number of nitrogens with two attached hydrogens (primary N) is 1. The Kier molecular flexibility index (Phi) is 4.24. The minimum absolute atomic E-state index is 0.159. The van der Waals surface area contributed by atoms with Gasteiger partial charge in [-0.05, 0) is 33.6 Å². The Morgan fingerprint density at radius 1 is 1.33 bits per heavy atom. The van der Waals surface area contributed by atoms with Crippen LogP contribution in [0, 0.1) is 0 Å². The van der Waals surface area contributed by atoms with Crippen LogP contribution in [0.5, 0.6) is 0 Å². The largest absolute Gasteiger partial charge is 0.367 e. The zero-order valence-electron chi connectivity index (χ0n) is 10.5. The molecule has 2 rings (SSSR count). The normalized spacial score (nSPS) is 15.9. The number of anilines is 1. The summed E-state index contributed by atoms with van der Waals surface area (Å²) in [5.74, 6) is 0.159. The van der Waals surface area contributed by atoms with Gasteiger partial charge in [-0.3, -0.25) is 4.79 Å². The van der Waals surface area contributed by atoms with Gasteiger partial charge in [-0.2, -0.15) is 0 Å². The van der Waals surface area contributed by atoms with E-state index in [1.165, 1.54) is 5.69 Å². The van der Waals surface area contributed by atoms with E-state index >= 15 is 0 Å². The van der Waals surface area contributed by atoms with E-state index < -0.39 is 0 Å².